The first-order chi connectivity index (χ1) is 8.25. The van der Waals surface area contributed by atoms with Crippen LogP contribution in [0.5, 0.6) is 0 Å². The minimum absolute atomic E-state index is 0.926. The van der Waals surface area contributed by atoms with Gasteiger partial charge in [-0.2, -0.15) is 0 Å². The molecule has 0 bridgehead atoms. The van der Waals surface area contributed by atoms with E-state index in [0.29, 0.717) is 0 Å². The van der Waals surface area contributed by atoms with E-state index in [-0.39, 0.29) is 0 Å². The van der Waals surface area contributed by atoms with Crippen LogP contribution in [0, 0.1) is 6.92 Å². The fourth-order valence-electron chi connectivity index (χ4n) is 1.91. The molecule has 3 heterocycles. The molecule has 3 rings (SSSR count). The molecular weight excluding hydrogens is 278 g/mol. The minimum atomic E-state index is 0.926. The van der Waals surface area contributed by atoms with Crippen LogP contribution in [0.3, 0.4) is 0 Å². The van der Waals surface area contributed by atoms with E-state index in [1.807, 2.05) is 30.5 Å². The van der Waals surface area contributed by atoms with Gasteiger partial charge in [0.2, 0.25) is 0 Å². The molecule has 0 aromatic carbocycles. The quantitative estimate of drug-likeness (QED) is 0.686. The second-order valence-electron chi connectivity index (χ2n) is 3.87. The lowest BCUT2D eigenvalue weighted by Crippen LogP contribution is -1.94. The summed E-state index contributed by atoms with van der Waals surface area (Å²) in [6.45, 7) is 2.07. The Balaban J connectivity index is 2.27. The normalized spacial score (nSPS) is 10.9. The van der Waals surface area contributed by atoms with Crippen molar-refractivity contribution >= 4 is 21.6 Å². The van der Waals surface area contributed by atoms with Gasteiger partial charge in [0.1, 0.15) is 5.65 Å². The number of fused-ring (bicyclic) bond motifs is 1. The fourth-order valence-corrected chi connectivity index (χ4v) is 2.14. The van der Waals surface area contributed by atoms with Crippen LogP contribution in [-0.2, 0) is 0 Å². The number of nitrogens with zero attached hydrogens (tertiary/aromatic N) is 3. The minimum Gasteiger partial charge on any atom is -0.295 e. The second kappa shape index (κ2) is 3.96. The predicted octanol–water partition coefficient (Wildman–Crippen LogP) is 3.47. The zero-order chi connectivity index (χ0) is 11.8. The smallest absolute Gasteiger partial charge is 0.137 e. The van der Waals surface area contributed by atoms with E-state index in [9.17, 15) is 0 Å². The van der Waals surface area contributed by atoms with Crippen molar-refractivity contribution in [3.8, 4) is 11.4 Å². The maximum Gasteiger partial charge on any atom is 0.137 e. The van der Waals surface area contributed by atoms with Crippen molar-refractivity contribution < 1.29 is 0 Å². The van der Waals surface area contributed by atoms with E-state index < -0.39 is 0 Å². The van der Waals surface area contributed by atoms with E-state index in [1.54, 1.807) is 6.20 Å². The largest absolute Gasteiger partial charge is 0.295 e. The number of aryl methyl sites for hydroxylation is 1. The molecule has 0 saturated carbocycles. The Morgan fingerprint density at radius 2 is 1.94 bits per heavy atom. The van der Waals surface area contributed by atoms with Crippen LogP contribution < -0.4 is 0 Å². The Kier molecular flexibility index (Phi) is 2.44. The van der Waals surface area contributed by atoms with Gasteiger partial charge in [0, 0.05) is 16.4 Å². The Bertz CT molecular complexity index is 671. The molecule has 0 N–H and O–H groups in total. The molecule has 0 radical (unpaired) electrons. The van der Waals surface area contributed by atoms with Crippen molar-refractivity contribution in [3.63, 3.8) is 0 Å². The summed E-state index contributed by atoms with van der Waals surface area (Å²) >= 11 is 3.39. The molecule has 0 unspecified atom stereocenters. The summed E-state index contributed by atoms with van der Waals surface area (Å²) in [5.74, 6) is 0. The maximum absolute atomic E-state index is 4.40. The summed E-state index contributed by atoms with van der Waals surface area (Å²) in [6.07, 6.45) is 3.66. The van der Waals surface area contributed by atoms with Crippen molar-refractivity contribution in [1.29, 1.82) is 0 Å². The lowest BCUT2D eigenvalue weighted by molar-refractivity contribution is 1.09. The van der Waals surface area contributed by atoms with Crippen LogP contribution in [0.4, 0.5) is 0 Å². The summed E-state index contributed by atoms with van der Waals surface area (Å²) in [4.78, 5) is 8.79. The monoisotopic (exact) mass is 287 g/mol. The molecule has 0 aliphatic heterocycles. The molecule has 4 heteroatoms. The van der Waals surface area contributed by atoms with Crippen LogP contribution in [0.25, 0.3) is 17.0 Å². The van der Waals surface area contributed by atoms with E-state index >= 15 is 0 Å². The molecule has 0 saturated heterocycles. The van der Waals surface area contributed by atoms with E-state index in [1.165, 1.54) is 0 Å². The van der Waals surface area contributed by atoms with Crippen molar-refractivity contribution in [2.75, 3.05) is 0 Å². The number of imidazole rings is 1. The molecule has 3 nitrogen and oxygen atoms in total. The summed E-state index contributed by atoms with van der Waals surface area (Å²) < 4.78 is 3.09. The molecule has 0 atom stereocenters. The second-order valence-corrected chi connectivity index (χ2v) is 4.78. The third kappa shape index (κ3) is 1.74. The van der Waals surface area contributed by atoms with E-state index in [4.69, 9.17) is 0 Å². The summed E-state index contributed by atoms with van der Waals surface area (Å²) in [5.41, 5.74) is 4.05. The third-order valence-corrected chi connectivity index (χ3v) is 3.18. The van der Waals surface area contributed by atoms with Gasteiger partial charge >= 0.3 is 0 Å². The average Bonchev–Trinajstić information content (AvgIpc) is 2.75. The molecule has 3 aromatic heterocycles. The lowest BCUT2D eigenvalue weighted by Gasteiger charge is -2.04. The predicted molar refractivity (Wildman–Crippen MR) is 70.9 cm³/mol. The Morgan fingerprint density at radius 3 is 2.71 bits per heavy atom. The average molecular weight is 288 g/mol. The first-order valence-corrected chi connectivity index (χ1v) is 6.10. The Morgan fingerprint density at radius 1 is 1.06 bits per heavy atom. The van der Waals surface area contributed by atoms with Crippen molar-refractivity contribution in [3.05, 3.63) is 52.9 Å². The highest BCUT2D eigenvalue weighted by Crippen LogP contribution is 2.21. The SMILES string of the molecule is Cc1cccc2ncc(-c3ccc(Br)cn3)n12. The van der Waals surface area contributed by atoms with Crippen LogP contribution in [0.1, 0.15) is 5.69 Å². The number of aromatic nitrogens is 3. The molecule has 0 aliphatic carbocycles. The maximum atomic E-state index is 4.40. The fraction of sp³-hybridized carbons (Fsp3) is 0.0769. The molecule has 0 aliphatic rings. The van der Waals surface area contributed by atoms with Gasteiger partial charge < -0.3 is 0 Å². The summed E-state index contributed by atoms with van der Waals surface area (Å²) in [7, 11) is 0. The standard InChI is InChI=1S/C13H10BrN3/c1-9-3-2-4-13-16-8-12(17(9)13)11-6-5-10(14)7-15-11/h2-8H,1H3. The number of hydrogen-bond acceptors (Lipinski definition) is 2. The van der Waals surface area contributed by atoms with Gasteiger partial charge in [0.05, 0.1) is 17.6 Å². The molecule has 3 aromatic rings. The van der Waals surface area contributed by atoms with Crippen molar-refractivity contribution in [1.82, 2.24) is 14.4 Å². The van der Waals surface area contributed by atoms with Gasteiger partial charge in [-0.1, -0.05) is 6.07 Å². The molecular formula is C13H10BrN3. The molecule has 0 spiro atoms. The molecule has 17 heavy (non-hydrogen) atoms. The van der Waals surface area contributed by atoms with Gasteiger partial charge in [0.15, 0.2) is 0 Å². The van der Waals surface area contributed by atoms with Gasteiger partial charge in [-0.3, -0.25) is 9.38 Å². The highest BCUT2D eigenvalue weighted by molar-refractivity contribution is 9.10. The van der Waals surface area contributed by atoms with Crippen molar-refractivity contribution in [2.45, 2.75) is 6.92 Å². The van der Waals surface area contributed by atoms with Crippen LogP contribution in [0.15, 0.2) is 47.2 Å². The molecule has 84 valence electrons. The van der Waals surface area contributed by atoms with Crippen LogP contribution >= 0.6 is 15.9 Å². The molecule has 0 fully saturated rings. The highest BCUT2D eigenvalue weighted by Gasteiger charge is 2.08. The van der Waals surface area contributed by atoms with Gasteiger partial charge in [-0.25, -0.2) is 4.98 Å². The summed E-state index contributed by atoms with van der Waals surface area (Å²) in [5, 5.41) is 0. The first kappa shape index (κ1) is 10.5. The van der Waals surface area contributed by atoms with Gasteiger partial charge in [-0.05, 0) is 47.1 Å². The zero-order valence-electron chi connectivity index (χ0n) is 9.26. The lowest BCUT2D eigenvalue weighted by atomic mass is 10.3. The Hall–Kier alpha value is -1.68. The number of halogens is 1. The third-order valence-electron chi connectivity index (χ3n) is 2.71. The first-order valence-electron chi connectivity index (χ1n) is 5.31. The molecule has 0 amide bonds. The summed E-state index contributed by atoms with van der Waals surface area (Å²) in [6, 6.07) is 10.0. The number of pyridine rings is 2. The van der Waals surface area contributed by atoms with E-state index in [0.717, 1.165) is 27.2 Å². The van der Waals surface area contributed by atoms with Gasteiger partial charge in [-0.15, -0.1) is 0 Å². The number of hydrogen-bond donors (Lipinski definition) is 0. The van der Waals surface area contributed by atoms with E-state index in [2.05, 4.69) is 43.3 Å². The zero-order valence-corrected chi connectivity index (χ0v) is 10.8. The van der Waals surface area contributed by atoms with Crippen molar-refractivity contribution in [2.24, 2.45) is 0 Å². The number of rotatable bonds is 1. The Labute approximate surface area is 107 Å². The van der Waals surface area contributed by atoms with Crippen LogP contribution in [-0.4, -0.2) is 14.4 Å². The topological polar surface area (TPSA) is 30.2 Å². The highest BCUT2D eigenvalue weighted by atomic mass is 79.9. The van der Waals surface area contributed by atoms with Gasteiger partial charge in [0.25, 0.3) is 0 Å². The van der Waals surface area contributed by atoms with Crippen LogP contribution in [0.2, 0.25) is 0 Å².